The molecule has 1 aromatic carbocycles. The summed E-state index contributed by atoms with van der Waals surface area (Å²) in [7, 11) is 0. The minimum absolute atomic E-state index is 0.0602. The molecular weight excluding hydrogens is 266 g/mol. The van der Waals surface area contributed by atoms with Gasteiger partial charge in [-0.3, -0.25) is 14.6 Å². The predicted octanol–water partition coefficient (Wildman–Crippen LogP) is 1.47. The number of benzene rings is 1. The van der Waals surface area contributed by atoms with E-state index < -0.39 is 12.1 Å². The Morgan fingerprint density at radius 1 is 1.19 bits per heavy atom. The van der Waals surface area contributed by atoms with Gasteiger partial charge in [-0.15, -0.1) is 0 Å². The molecule has 2 heterocycles. The number of rotatable bonds is 2. The fourth-order valence-corrected chi connectivity index (χ4v) is 2.67. The van der Waals surface area contributed by atoms with E-state index in [1.807, 2.05) is 30.3 Å². The van der Waals surface area contributed by atoms with Crippen LogP contribution in [0.3, 0.4) is 0 Å². The zero-order chi connectivity index (χ0) is 15.0. The van der Waals surface area contributed by atoms with Crippen LogP contribution < -0.4 is 5.32 Å². The number of aromatic nitrogens is 1. The molecular formula is C16H17N3O2. The topological polar surface area (TPSA) is 62.3 Å². The van der Waals surface area contributed by atoms with E-state index in [2.05, 4.69) is 10.3 Å². The number of carbonyl (C=O) groups is 2. The lowest BCUT2D eigenvalue weighted by Gasteiger charge is -2.36. The second kappa shape index (κ2) is 5.16. The van der Waals surface area contributed by atoms with Crippen molar-refractivity contribution in [1.29, 1.82) is 0 Å². The lowest BCUT2D eigenvalue weighted by Crippen LogP contribution is -2.60. The molecule has 1 saturated heterocycles. The van der Waals surface area contributed by atoms with Crippen molar-refractivity contribution in [3.05, 3.63) is 42.1 Å². The number of amides is 2. The lowest BCUT2D eigenvalue weighted by atomic mass is 10.1. The number of nitrogens with zero attached hydrogens (tertiary/aromatic N) is 2. The first-order valence-electron chi connectivity index (χ1n) is 7.01. The van der Waals surface area contributed by atoms with Gasteiger partial charge in [0.2, 0.25) is 11.8 Å². The van der Waals surface area contributed by atoms with Crippen LogP contribution in [-0.2, 0) is 16.1 Å². The number of para-hydroxylation sites is 1. The van der Waals surface area contributed by atoms with Crippen LogP contribution >= 0.6 is 0 Å². The second-order valence-electron chi connectivity index (χ2n) is 5.36. The summed E-state index contributed by atoms with van der Waals surface area (Å²) in [6.45, 7) is 3.85. The predicted molar refractivity (Wildman–Crippen MR) is 79.4 cm³/mol. The quantitative estimate of drug-likeness (QED) is 0.908. The van der Waals surface area contributed by atoms with Gasteiger partial charge < -0.3 is 10.2 Å². The molecule has 0 bridgehead atoms. The molecule has 1 fully saturated rings. The molecule has 5 nitrogen and oxygen atoms in total. The summed E-state index contributed by atoms with van der Waals surface area (Å²) in [6, 6.07) is 8.82. The molecule has 0 spiro atoms. The Hall–Kier alpha value is -2.43. The maximum Gasteiger partial charge on any atom is 0.245 e. The Morgan fingerprint density at radius 3 is 2.76 bits per heavy atom. The molecule has 0 radical (unpaired) electrons. The standard InChI is InChI=1S/C16H17N3O2/c1-10-16(21)19(11(2)15(20)18-10)9-13-6-3-5-12-7-4-8-17-14(12)13/h3-8,10-11H,9H2,1-2H3,(H,18,20). The van der Waals surface area contributed by atoms with E-state index in [1.54, 1.807) is 24.9 Å². The van der Waals surface area contributed by atoms with Crippen LogP contribution in [0.5, 0.6) is 0 Å². The molecule has 21 heavy (non-hydrogen) atoms. The average Bonchev–Trinajstić information content (AvgIpc) is 2.50. The number of nitrogens with one attached hydrogen (secondary N) is 1. The Bertz CT molecular complexity index is 708. The van der Waals surface area contributed by atoms with Gasteiger partial charge in [0, 0.05) is 18.1 Å². The Balaban J connectivity index is 1.97. The third kappa shape index (κ3) is 2.35. The first-order chi connectivity index (χ1) is 10.1. The fraction of sp³-hybridized carbons (Fsp3) is 0.312. The summed E-state index contributed by atoms with van der Waals surface area (Å²) in [5.74, 6) is -0.176. The Morgan fingerprint density at radius 2 is 1.95 bits per heavy atom. The van der Waals surface area contributed by atoms with Gasteiger partial charge in [-0.1, -0.05) is 24.3 Å². The van der Waals surface area contributed by atoms with Gasteiger partial charge in [0.15, 0.2) is 0 Å². The van der Waals surface area contributed by atoms with Crippen LogP contribution in [0.25, 0.3) is 10.9 Å². The van der Waals surface area contributed by atoms with Gasteiger partial charge in [0.1, 0.15) is 12.1 Å². The van der Waals surface area contributed by atoms with E-state index in [1.165, 1.54) is 0 Å². The summed E-state index contributed by atoms with van der Waals surface area (Å²) in [5.41, 5.74) is 1.83. The average molecular weight is 283 g/mol. The van der Waals surface area contributed by atoms with Gasteiger partial charge in [-0.05, 0) is 25.5 Å². The van der Waals surface area contributed by atoms with Crippen LogP contribution in [0.2, 0.25) is 0 Å². The highest BCUT2D eigenvalue weighted by Gasteiger charge is 2.35. The highest BCUT2D eigenvalue weighted by atomic mass is 16.2. The van der Waals surface area contributed by atoms with Crippen LogP contribution in [0, 0.1) is 0 Å². The molecule has 2 unspecified atom stereocenters. The molecule has 1 aromatic heterocycles. The van der Waals surface area contributed by atoms with Crippen molar-refractivity contribution < 1.29 is 9.59 Å². The van der Waals surface area contributed by atoms with Crippen molar-refractivity contribution in [2.24, 2.45) is 0 Å². The molecule has 1 aliphatic heterocycles. The smallest absolute Gasteiger partial charge is 0.245 e. The number of pyridine rings is 1. The van der Waals surface area contributed by atoms with E-state index in [0.717, 1.165) is 16.5 Å². The first-order valence-corrected chi connectivity index (χ1v) is 7.01. The third-order valence-electron chi connectivity index (χ3n) is 3.92. The van der Waals surface area contributed by atoms with Gasteiger partial charge in [-0.25, -0.2) is 0 Å². The normalized spacial score (nSPS) is 22.5. The molecule has 0 saturated carbocycles. The second-order valence-corrected chi connectivity index (χ2v) is 5.36. The number of hydrogen-bond donors (Lipinski definition) is 1. The molecule has 108 valence electrons. The van der Waals surface area contributed by atoms with Gasteiger partial charge in [0.05, 0.1) is 5.52 Å². The maximum absolute atomic E-state index is 12.3. The molecule has 3 rings (SSSR count). The van der Waals surface area contributed by atoms with E-state index in [0.29, 0.717) is 6.54 Å². The van der Waals surface area contributed by atoms with Crippen LogP contribution in [0.1, 0.15) is 19.4 Å². The highest BCUT2D eigenvalue weighted by molar-refractivity contribution is 5.96. The van der Waals surface area contributed by atoms with Crippen LogP contribution in [0.15, 0.2) is 36.5 Å². The number of carbonyl (C=O) groups excluding carboxylic acids is 2. The molecule has 2 aromatic rings. The summed E-state index contributed by atoms with van der Waals surface area (Å²) in [4.78, 5) is 30.2. The Kier molecular flexibility index (Phi) is 3.33. The van der Waals surface area contributed by atoms with E-state index in [-0.39, 0.29) is 11.8 Å². The zero-order valence-electron chi connectivity index (χ0n) is 12.0. The number of piperazine rings is 1. The fourth-order valence-electron chi connectivity index (χ4n) is 2.67. The molecule has 2 amide bonds. The molecule has 1 N–H and O–H groups in total. The minimum Gasteiger partial charge on any atom is -0.343 e. The van der Waals surface area contributed by atoms with Gasteiger partial charge >= 0.3 is 0 Å². The SMILES string of the molecule is CC1NC(=O)C(C)N(Cc2cccc3cccnc23)C1=O. The van der Waals surface area contributed by atoms with Crippen molar-refractivity contribution in [3.63, 3.8) is 0 Å². The largest absolute Gasteiger partial charge is 0.343 e. The number of hydrogen-bond acceptors (Lipinski definition) is 3. The highest BCUT2D eigenvalue weighted by Crippen LogP contribution is 2.20. The first kappa shape index (κ1) is 13.5. The summed E-state index contributed by atoms with van der Waals surface area (Å²) < 4.78 is 0. The van der Waals surface area contributed by atoms with E-state index in [9.17, 15) is 9.59 Å². The lowest BCUT2D eigenvalue weighted by molar-refractivity contribution is -0.148. The van der Waals surface area contributed by atoms with Crippen molar-refractivity contribution in [2.45, 2.75) is 32.5 Å². The van der Waals surface area contributed by atoms with Crippen molar-refractivity contribution in [1.82, 2.24) is 15.2 Å². The van der Waals surface area contributed by atoms with Crippen molar-refractivity contribution in [3.8, 4) is 0 Å². The maximum atomic E-state index is 12.3. The van der Waals surface area contributed by atoms with E-state index in [4.69, 9.17) is 0 Å². The summed E-state index contributed by atoms with van der Waals surface area (Å²) >= 11 is 0. The Labute approximate surface area is 123 Å². The van der Waals surface area contributed by atoms with Gasteiger partial charge in [-0.2, -0.15) is 0 Å². The number of fused-ring (bicyclic) bond motifs is 1. The van der Waals surface area contributed by atoms with Crippen molar-refractivity contribution in [2.75, 3.05) is 0 Å². The van der Waals surface area contributed by atoms with Crippen molar-refractivity contribution >= 4 is 22.7 Å². The van der Waals surface area contributed by atoms with E-state index >= 15 is 0 Å². The molecule has 1 aliphatic rings. The van der Waals surface area contributed by atoms with Crippen LogP contribution in [-0.4, -0.2) is 33.8 Å². The zero-order valence-corrected chi connectivity index (χ0v) is 12.0. The summed E-state index contributed by atoms with van der Waals surface area (Å²) in [5, 5.41) is 3.72. The molecule has 5 heteroatoms. The monoisotopic (exact) mass is 283 g/mol. The van der Waals surface area contributed by atoms with Gasteiger partial charge in [0.25, 0.3) is 0 Å². The minimum atomic E-state index is -0.475. The third-order valence-corrected chi connectivity index (χ3v) is 3.92. The van der Waals surface area contributed by atoms with Crippen LogP contribution in [0.4, 0.5) is 0 Å². The summed E-state index contributed by atoms with van der Waals surface area (Å²) in [6.07, 6.45) is 1.74. The molecule has 2 atom stereocenters. The molecule has 0 aliphatic carbocycles.